The molecule has 0 bridgehead atoms. The van der Waals surface area contributed by atoms with Gasteiger partial charge in [0.2, 0.25) is 5.43 Å². The highest BCUT2D eigenvalue weighted by Gasteiger charge is 2.31. The molecule has 3 heterocycles. The van der Waals surface area contributed by atoms with Crippen LogP contribution in [0, 0.1) is 5.82 Å². The fourth-order valence-electron chi connectivity index (χ4n) is 3.48. The summed E-state index contributed by atoms with van der Waals surface area (Å²) in [4.78, 5) is 37.8. The number of hydrogen-bond donors (Lipinski definition) is 1. The number of fused-ring (bicyclic) bond motifs is 1. The van der Waals surface area contributed by atoms with Crippen LogP contribution in [0.1, 0.15) is 28.9 Å². The van der Waals surface area contributed by atoms with Crippen LogP contribution in [0.5, 0.6) is 11.6 Å². The minimum atomic E-state index is -0.730. The van der Waals surface area contributed by atoms with Crippen molar-refractivity contribution in [3.63, 3.8) is 0 Å². The van der Waals surface area contributed by atoms with E-state index >= 15 is 0 Å². The van der Waals surface area contributed by atoms with Crippen molar-refractivity contribution in [3.05, 3.63) is 57.6 Å². The summed E-state index contributed by atoms with van der Waals surface area (Å²) >= 11 is 0. The molecule has 8 nitrogen and oxygen atoms in total. The van der Waals surface area contributed by atoms with Crippen LogP contribution in [0.25, 0.3) is 0 Å². The molecule has 2 aliphatic rings. The standard InChI is InChI=1S/C20H19FN2O6/c21-13-3-1-12(2-4-13)10-22-7-8-23-16(28-11-14-5-6-17(25)29-14)9-15(24)19(26)18(23)20(22)27/h1-4,9,14,26H,5-8,10-11H2/t14-/m1/s1. The lowest BCUT2D eigenvalue weighted by Gasteiger charge is -2.31. The Morgan fingerprint density at radius 1 is 1.17 bits per heavy atom. The fraction of sp³-hybridized carbons (Fsp3) is 0.350. The number of esters is 1. The second-order valence-electron chi connectivity index (χ2n) is 7.01. The van der Waals surface area contributed by atoms with Gasteiger partial charge in [-0.15, -0.1) is 0 Å². The number of benzene rings is 1. The maximum absolute atomic E-state index is 13.1. The number of hydrogen-bond acceptors (Lipinski definition) is 6. The molecule has 1 aromatic carbocycles. The topological polar surface area (TPSA) is 98.1 Å². The zero-order valence-electron chi connectivity index (χ0n) is 15.5. The monoisotopic (exact) mass is 402 g/mol. The van der Waals surface area contributed by atoms with Gasteiger partial charge in [0.05, 0.1) is 0 Å². The summed E-state index contributed by atoms with van der Waals surface area (Å²) in [6.07, 6.45) is 0.438. The van der Waals surface area contributed by atoms with Crippen molar-refractivity contribution in [2.24, 2.45) is 0 Å². The summed E-state index contributed by atoms with van der Waals surface area (Å²) < 4.78 is 25.3. The van der Waals surface area contributed by atoms with Crippen molar-refractivity contribution in [1.29, 1.82) is 0 Å². The Morgan fingerprint density at radius 3 is 2.62 bits per heavy atom. The SMILES string of the molecule is O=C1CC[C@H](COc2cc(=O)c(O)c3n2CCN(Cc2ccc(F)cc2)C3=O)O1. The first-order chi connectivity index (χ1) is 13.9. The number of aromatic hydroxyl groups is 1. The zero-order valence-corrected chi connectivity index (χ0v) is 15.5. The molecule has 152 valence electrons. The van der Waals surface area contributed by atoms with E-state index in [0.717, 1.165) is 11.6 Å². The number of rotatable bonds is 5. The van der Waals surface area contributed by atoms with Gasteiger partial charge in [0.25, 0.3) is 5.91 Å². The van der Waals surface area contributed by atoms with Crippen molar-refractivity contribution in [1.82, 2.24) is 9.47 Å². The summed E-state index contributed by atoms with van der Waals surface area (Å²) in [6.45, 7) is 0.898. The van der Waals surface area contributed by atoms with Crippen molar-refractivity contribution in [2.45, 2.75) is 32.0 Å². The Kier molecular flexibility index (Phi) is 4.96. The van der Waals surface area contributed by atoms with E-state index in [-0.39, 0.29) is 36.5 Å². The second kappa shape index (κ2) is 7.57. The molecule has 0 aliphatic carbocycles. The first-order valence-corrected chi connectivity index (χ1v) is 9.25. The number of nitrogens with zero attached hydrogens (tertiary/aromatic N) is 2. The van der Waals surface area contributed by atoms with E-state index in [2.05, 4.69) is 0 Å². The van der Waals surface area contributed by atoms with Crippen LogP contribution in [0.15, 0.2) is 35.1 Å². The van der Waals surface area contributed by atoms with Gasteiger partial charge in [-0.2, -0.15) is 0 Å². The molecule has 1 fully saturated rings. The molecular formula is C20H19FN2O6. The van der Waals surface area contributed by atoms with Crippen LogP contribution >= 0.6 is 0 Å². The molecule has 1 atom stereocenters. The molecule has 2 aromatic rings. The van der Waals surface area contributed by atoms with E-state index in [9.17, 15) is 23.9 Å². The Balaban J connectivity index is 1.57. The molecule has 9 heteroatoms. The van der Waals surface area contributed by atoms with Crippen LogP contribution in [-0.2, 0) is 22.6 Å². The third-order valence-electron chi connectivity index (χ3n) is 5.00. The molecule has 1 amide bonds. The van der Waals surface area contributed by atoms with Gasteiger partial charge >= 0.3 is 5.97 Å². The lowest BCUT2D eigenvalue weighted by molar-refractivity contribution is -0.142. The highest BCUT2D eigenvalue weighted by Crippen LogP contribution is 2.26. The van der Waals surface area contributed by atoms with Gasteiger partial charge in [-0.25, -0.2) is 4.39 Å². The number of aromatic nitrogens is 1. The maximum Gasteiger partial charge on any atom is 0.306 e. The third-order valence-corrected chi connectivity index (χ3v) is 5.00. The first-order valence-electron chi connectivity index (χ1n) is 9.25. The van der Waals surface area contributed by atoms with E-state index in [1.54, 1.807) is 12.1 Å². The number of amides is 1. The van der Waals surface area contributed by atoms with Crippen LogP contribution in [0.4, 0.5) is 4.39 Å². The highest BCUT2D eigenvalue weighted by molar-refractivity contribution is 5.96. The smallest absolute Gasteiger partial charge is 0.306 e. The summed E-state index contributed by atoms with van der Waals surface area (Å²) in [5.41, 5.74) is -0.151. The van der Waals surface area contributed by atoms with Crippen molar-refractivity contribution in [2.75, 3.05) is 13.2 Å². The third kappa shape index (κ3) is 3.80. The van der Waals surface area contributed by atoms with Gasteiger partial charge in [0.15, 0.2) is 17.3 Å². The van der Waals surface area contributed by atoms with Crippen LogP contribution in [0.3, 0.4) is 0 Å². The lowest BCUT2D eigenvalue weighted by atomic mass is 10.1. The van der Waals surface area contributed by atoms with Gasteiger partial charge < -0.3 is 24.0 Å². The average molecular weight is 402 g/mol. The molecule has 0 radical (unpaired) electrons. The average Bonchev–Trinajstić information content (AvgIpc) is 3.12. The number of halogens is 1. The lowest BCUT2D eigenvalue weighted by Crippen LogP contribution is -2.41. The first kappa shape index (κ1) is 19.0. The minimum Gasteiger partial charge on any atom is -0.503 e. The largest absolute Gasteiger partial charge is 0.503 e. The molecule has 0 saturated carbocycles. The summed E-state index contributed by atoms with van der Waals surface area (Å²) in [6, 6.07) is 6.89. The molecule has 0 spiro atoms. The van der Waals surface area contributed by atoms with E-state index in [0.29, 0.717) is 25.9 Å². The minimum absolute atomic E-state index is 0.0584. The molecule has 0 unspecified atom stereocenters. The normalized spacial score (nSPS) is 18.5. The number of carbonyl (C=O) groups excluding carboxylic acids is 2. The highest BCUT2D eigenvalue weighted by atomic mass is 19.1. The second-order valence-corrected chi connectivity index (χ2v) is 7.01. The van der Waals surface area contributed by atoms with E-state index in [1.807, 2.05) is 0 Å². The van der Waals surface area contributed by atoms with Crippen molar-refractivity contribution in [3.8, 4) is 11.6 Å². The van der Waals surface area contributed by atoms with E-state index in [4.69, 9.17) is 9.47 Å². The molecule has 4 rings (SSSR count). The van der Waals surface area contributed by atoms with Gasteiger partial charge in [-0.05, 0) is 24.1 Å². The zero-order chi connectivity index (χ0) is 20.5. The van der Waals surface area contributed by atoms with Crippen molar-refractivity contribution >= 4 is 11.9 Å². The van der Waals surface area contributed by atoms with Crippen LogP contribution in [0.2, 0.25) is 0 Å². The van der Waals surface area contributed by atoms with Crippen molar-refractivity contribution < 1.29 is 28.6 Å². The fourth-order valence-corrected chi connectivity index (χ4v) is 3.48. The summed E-state index contributed by atoms with van der Waals surface area (Å²) in [7, 11) is 0. The van der Waals surface area contributed by atoms with E-state index in [1.165, 1.54) is 21.6 Å². The molecule has 1 saturated heterocycles. The van der Waals surface area contributed by atoms with Gasteiger partial charge in [-0.3, -0.25) is 14.4 Å². The predicted molar refractivity (Wildman–Crippen MR) is 98.1 cm³/mol. The number of ether oxygens (including phenoxy) is 2. The molecule has 29 heavy (non-hydrogen) atoms. The Hall–Kier alpha value is -3.36. The molecular weight excluding hydrogens is 383 g/mol. The number of carbonyl (C=O) groups is 2. The summed E-state index contributed by atoms with van der Waals surface area (Å²) in [5, 5.41) is 10.2. The van der Waals surface area contributed by atoms with Gasteiger partial charge in [-0.1, -0.05) is 12.1 Å². The van der Waals surface area contributed by atoms with E-state index < -0.39 is 23.2 Å². The van der Waals surface area contributed by atoms with Gasteiger partial charge in [0, 0.05) is 32.1 Å². The molecule has 1 N–H and O–H groups in total. The predicted octanol–water partition coefficient (Wildman–Crippen LogP) is 1.43. The Morgan fingerprint density at radius 2 is 1.93 bits per heavy atom. The van der Waals surface area contributed by atoms with Crippen LogP contribution in [-0.4, -0.2) is 45.7 Å². The molecule has 2 aliphatic heterocycles. The number of cyclic esters (lactones) is 1. The Labute approximate surface area is 165 Å². The van der Waals surface area contributed by atoms with Crippen LogP contribution < -0.4 is 10.2 Å². The maximum atomic E-state index is 13.1. The molecule has 1 aromatic heterocycles. The Bertz CT molecular complexity index is 1020. The van der Waals surface area contributed by atoms with Gasteiger partial charge in [0.1, 0.15) is 18.5 Å². The summed E-state index contributed by atoms with van der Waals surface area (Å²) in [5.74, 6) is -1.69. The number of pyridine rings is 1. The quantitative estimate of drug-likeness (QED) is 0.760.